The molecule has 1 unspecified atom stereocenters. The van der Waals surface area contributed by atoms with Gasteiger partial charge in [0, 0.05) is 24.7 Å². The summed E-state index contributed by atoms with van der Waals surface area (Å²) in [6, 6.07) is 11.7. The van der Waals surface area contributed by atoms with Crippen LogP contribution in [0.25, 0.3) is 10.9 Å². The summed E-state index contributed by atoms with van der Waals surface area (Å²) in [6.45, 7) is 6.86. The molecule has 0 aliphatic carbocycles. The molecular formula is C24H26N4O2. The number of anilines is 1. The first-order chi connectivity index (χ1) is 14.4. The highest BCUT2D eigenvalue weighted by Gasteiger charge is 2.30. The summed E-state index contributed by atoms with van der Waals surface area (Å²) in [4.78, 5) is 36.7. The highest BCUT2D eigenvalue weighted by molar-refractivity contribution is 5.99. The lowest BCUT2D eigenvalue weighted by molar-refractivity contribution is -0.121. The summed E-state index contributed by atoms with van der Waals surface area (Å²) < 4.78 is 0. The highest BCUT2D eigenvalue weighted by atomic mass is 16.2. The van der Waals surface area contributed by atoms with Crippen LogP contribution in [0.2, 0.25) is 0 Å². The van der Waals surface area contributed by atoms with E-state index in [4.69, 9.17) is 0 Å². The molecule has 0 spiro atoms. The average molecular weight is 402 g/mol. The van der Waals surface area contributed by atoms with Crippen LogP contribution in [0.5, 0.6) is 0 Å². The van der Waals surface area contributed by atoms with Gasteiger partial charge in [0.15, 0.2) is 0 Å². The molecule has 30 heavy (non-hydrogen) atoms. The molecule has 1 atom stereocenters. The van der Waals surface area contributed by atoms with Gasteiger partial charge in [-0.15, -0.1) is 0 Å². The van der Waals surface area contributed by atoms with E-state index in [1.807, 2.05) is 57.2 Å². The predicted molar refractivity (Wildman–Crippen MR) is 117 cm³/mol. The lowest BCUT2D eigenvalue weighted by Gasteiger charge is -2.32. The smallest absolute Gasteiger partial charge is 0.255 e. The van der Waals surface area contributed by atoms with Crippen molar-refractivity contribution in [2.45, 2.75) is 33.6 Å². The summed E-state index contributed by atoms with van der Waals surface area (Å²) in [5, 5.41) is 3.87. The van der Waals surface area contributed by atoms with Crippen molar-refractivity contribution in [1.29, 1.82) is 0 Å². The molecule has 3 aromatic rings. The average Bonchev–Trinajstić information content (AvgIpc) is 2.74. The minimum Gasteiger partial charge on any atom is -0.338 e. The van der Waals surface area contributed by atoms with Crippen LogP contribution in [-0.4, -0.2) is 39.8 Å². The van der Waals surface area contributed by atoms with E-state index in [1.165, 1.54) is 0 Å². The molecule has 1 aliphatic heterocycles. The number of benzene rings is 1. The van der Waals surface area contributed by atoms with Crippen molar-refractivity contribution < 1.29 is 9.59 Å². The minimum atomic E-state index is -0.250. The Hall–Kier alpha value is -3.28. The molecule has 1 saturated heterocycles. The van der Waals surface area contributed by atoms with Gasteiger partial charge in [-0.2, -0.15) is 0 Å². The number of piperidine rings is 1. The van der Waals surface area contributed by atoms with Crippen LogP contribution in [0, 0.1) is 26.7 Å². The Morgan fingerprint density at radius 1 is 1.13 bits per heavy atom. The van der Waals surface area contributed by atoms with Crippen molar-refractivity contribution in [3.05, 3.63) is 65.0 Å². The third-order valence-corrected chi connectivity index (χ3v) is 5.72. The van der Waals surface area contributed by atoms with E-state index in [9.17, 15) is 9.59 Å². The van der Waals surface area contributed by atoms with Crippen LogP contribution in [0.15, 0.2) is 42.6 Å². The van der Waals surface area contributed by atoms with E-state index in [2.05, 4.69) is 15.3 Å². The first-order valence-electron chi connectivity index (χ1n) is 10.3. The molecule has 4 rings (SSSR count). The topological polar surface area (TPSA) is 75.2 Å². The molecule has 1 aromatic carbocycles. The van der Waals surface area contributed by atoms with Gasteiger partial charge in [-0.3, -0.25) is 14.6 Å². The van der Waals surface area contributed by atoms with Gasteiger partial charge < -0.3 is 10.2 Å². The van der Waals surface area contributed by atoms with Crippen molar-refractivity contribution in [1.82, 2.24) is 14.9 Å². The van der Waals surface area contributed by atoms with E-state index in [-0.39, 0.29) is 17.7 Å². The largest absolute Gasteiger partial charge is 0.338 e. The Morgan fingerprint density at radius 2 is 1.97 bits per heavy atom. The van der Waals surface area contributed by atoms with E-state index in [0.29, 0.717) is 30.2 Å². The van der Waals surface area contributed by atoms with Crippen molar-refractivity contribution in [3.8, 4) is 0 Å². The lowest BCUT2D eigenvalue weighted by Crippen LogP contribution is -2.44. The molecular weight excluding hydrogens is 376 g/mol. The monoisotopic (exact) mass is 402 g/mol. The van der Waals surface area contributed by atoms with Gasteiger partial charge in [0.1, 0.15) is 5.82 Å². The highest BCUT2D eigenvalue weighted by Crippen LogP contribution is 2.24. The van der Waals surface area contributed by atoms with Crippen LogP contribution in [-0.2, 0) is 4.79 Å². The number of carbonyl (C=O) groups excluding carboxylic acids is 2. The molecule has 6 heteroatoms. The fourth-order valence-electron chi connectivity index (χ4n) is 3.97. The Kier molecular flexibility index (Phi) is 5.48. The molecule has 1 fully saturated rings. The predicted octanol–water partition coefficient (Wildman–Crippen LogP) is 4.05. The molecule has 1 aliphatic rings. The molecule has 2 aromatic heterocycles. The van der Waals surface area contributed by atoms with Crippen molar-refractivity contribution >= 4 is 28.5 Å². The number of nitrogens with zero attached hydrogens (tertiary/aromatic N) is 3. The molecule has 2 amide bonds. The summed E-state index contributed by atoms with van der Waals surface area (Å²) in [5.74, 6) is 0.184. The molecule has 0 saturated carbocycles. The summed E-state index contributed by atoms with van der Waals surface area (Å²) in [5.41, 5.74) is 4.27. The Bertz CT molecular complexity index is 1130. The standard InChI is InChI=1S/C24H26N4O2/c1-15-8-9-18-13-20(17(3)26-21(18)12-15)24(30)28-11-5-7-19(14-28)23(29)27-22-16(2)6-4-10-25-22/h4,6,8-10,12-13,19H,5,7,11,14H2,1-3H3,(H,25,27,29). The number of pyridine rings is 2. The maximum Gasteiger partial charge on any atom is 0.255 e. The van der Waals surface area contributed by atoms with Crippen LogP contribution in [0.3, 0.4) is 0 Å². The molecule has 0 bridgehead atoms. The SMILES string of the molecule is Cc1ccc2cc(C(=O)N3CCCC(C(=O)Nc4ncccc4C)C3)c(C)nc2c1. The van der Waals surface area contributed by atoms with Crippen LogP contribution in [0.1, 0.15) is 40.0 Å². The Balaban J connectivity index is 1.51. The first kappa shape index (κ1) is 20.0. The fourth-order valence-corrected chi connectivity index (χ4v) is 3.97. The lowest BCUT2D eigenvalue weighted by atomic mass is 9.96. The number of rotatable bonds is 3. The van der Waals surface area contributed by atoms with E-state index < -0.39 is 0 Å². The zero-order chi connectivity index (χ0) is 21.3. The Morgan fingerprint density at radius 3 is 2.77 bits per heavy atom. The summed E-state index contributed by atoms with van der Waals surface area (Å²) in [7, 11) is 0. The second-order valence-electron chi connectivity index (χ2n) is 8.07. The number of hydrogen-bond acceptors (Lipinski definition) is 4. The fraction of sp³-hybridized carbons (Fsp3) is 0.333. The Labute approximate surface area is 176 Å². The number of amides is 2. The number of aromatic nitrogens is 2. The van der Waals surface area contributed by atoms with Crippen LogP contribution in [0.4, 0.5) is 5.82 Å². The van der Waals surface area contributed by atoms with Crippen molar-refractivity contribution in [2.24, 2.45) is 5.92 Å². The number of hydrogen-bond donors (Lipinski definition) is 1. The van der Waals surface area contributed by atoms with Crippen molar-refractivity contribution in [3.63, 3.8) is 0 Å². The van der Waals surface area contributed by atoms with E-state index in [0.717, 1.165) is 34.9 Å². The number of fused-ring (bicyclic) bond motifs is 1. The molecule has 1 N–H and O–H groups in total. The number of aryl methyl sites for hydroxylation is 3. The number of carbonyl (C=O) groups is 2. The van der Waals surface area contributed by atoms with Gasteiger partial charge in [0.2, 0.25) is 5.91 Å². The summed E-state index contributed by atoms with van der Waals surface area (Å²) >= 11 is 0. The number of likely N-dealkylation sites (tertiary alicyclic amines) is 1. The van der Waals surface area contributed by atoms with Crippen LogP contribution >= 0.6 is 0 Å². The van der Waals surface area contributed by atoms with Gasteiger partial charge in [0.05, 0.1) is 22.7 Å². The zero-order valence-electron chi connectivity index (χ0n) is 17.6. The molecule has 3 heterocycles. The van der Waals surface area contributed by atoms with Gasteiger partial charge in [-0.25, -0.2) is 4.98 Å². The third-order valence-electron chi connectivity index (χ3n) is 5.72. The van der Waals surface area contributed by atoms with Gasteiger partial charge >= 0.3 is 0 Å². The van der Waals surface area contributed by atoms with E-state index >= 15 is 0 Å². The maximum absolute atomic E-state index is 13.3. The van der Waals surface area contributed by atoms with Crippen LogP contribution < -0.4 is 5.32 Å². The van der Waals surface area contributed by atoms with Crippen molar-refractivity contribution in [2.75, 3.05) is 18.4 Å². The second-order valence-corrected chi connectivity index (χ2v) is 8.07. The normalized spacial score (nSPS) is 16.5. The zero-order valence-corrected chi connectivity index (χ0v) is 17.6. The van der Waals surface area contributed by atoms with Gasteiger partial charge in [0.25, 0.3) is 5.91 Å². The number of nitrogens with one attached hydrogen (secondary N) is 1. The molecule has 6 nitrogen and oxygen atoms in total. The molecule has 154 valence electrons. The van der Waals surface area contributed by atoms with Gasteiger partial charge in [-0.05, 0) is 62.9 Å². The second kappa shape index (κ2) is 8.22. The third kappa shape index (κ3) is 4.03. The summed E-state index contributed by atoms with van der Waals surface area (Å²) in [6.07, 6.45) is 3.22. The molecule has 0 radical (unpaired) electrons. The van der Waals surface area contributed by atoms with E-state index in [1.54, 1.807) is 11.1 Å². The first-order valence-corrected chi connectivity index (χ1v) is 10.3. The maximum atomic E-state index is 13.3. The van der Waals surface area contributed by atoms with Gasteiger partial charge in [-0.1, -0.05) is 18.2 Å². The quantitative estimate of drug-likeness (QED) is 0.717. The minimum absolute atomic E-state index is 0.0611.